The molecular weight excluding hydrogens is 314 g/mol. The Hall–Kier alpha value is -1.01. The van der Waals surface area contributed by atoms with Crippen molar-refractivity contribution in [3.8, 4) is 0 Å². The summed E-state index contributed by atoms with van der Waals surface area (Å²) < 4.78 is 0. The van der Waals surface area contributed by atoms with E-state index in [2.05, 4.69) is 5.32 Å². The van der Waals surface area contributed by atoms with Crippen LogP contribution in [0.3, 0.4) is 0 Å². The van der Waals surface area contributed by atoms with E-state index in [9.17, 15) is 9.90 Å². The number of amides is 1. The second kappa shape index (κ2) is 7.13. The third-order valence-electron chi connectivity index (χ3n) is 2.77. The number of benzene rings is 1. The third kappa shape index (κ3) is 3.76. The normalized spacial score (nSPS) is 12.2. The van der Waals surface area contributed by atoms with E-state index in [1.807, 2.05) is 17.7 Å². The van der Waals surface area contributed by atoms with Crippen LogP contribution in [0.2, 0.25) is 5.02 Å². The molecule has 2 N–H and O–H groups in total. The minimum atomic E-state index is -0.742. The zero-order valence-corrected chi connectivity index (χ0v) is 13.2. The molecule has 2 aromatic rings. The lowest BCUT2D eigenvalue weighted by molar-refractivity contribution is 0.0918. The van der Waals surface area contributed by atoms with Crippen LogP contribution in [0.5, 0.6) is 0 Å². The number of hydrogen-bond donors (Lipinski definition) is 2. The van der Waals surface area contributed by atoms with Gasteiger partial charge in [-0.15, -0.1) is 23.1 Å². The summed E-state index contributed by atoms with van der Waals surface area (Å²) in [5, 5.41) is 15.3. The predicted octanol–water partition coefficient (Wildman–Crippen LogP) is 3.59. The fraction of sp³-hybridized carbons (Fsp3) is 0.214. The van der Waals surface area contributed by atoms with Gasteiger partial charge in [-0.05, 0) is 35.4 Å². The number of aliphatic hydroxyl groups is 1. The van der Waals surface area contributed by atoms with Crippen molar-refractivity contribution in [3.63, 3.8) is 0 Å². The van der Waals surface area contributed by atoms with E-state index < -0.39 is 6.10 Å². The Kier molecular flexibility index (Phi) is 5.48. The number of carbonyl (C=O) groups excluding carboxylic acids is 1. The van der Waals surface area contributed by atoms with Gasteiger partial charge >= 0.3 is 0 Å². The average molecular weight is 328 g/mol. The first kappa shape index (κ1) is 15.4. The van der Waals surface area contributed by atoms with Gasteiger partial charge in [0, 0.05) is 16.5 Å². The molecule has 0 fully saturated rings. The molecule has 0 saturated carbocycles. The highest BCUT2D eigenvalue weighted by Gasteiger charge is 2.14. The Balaban J connectivity index is 1.95. The molecule has 1 unspecified atom stereocenters. The first-order chi connectivity index (χ1) is 9.61. The first-order valence-corrected chi connectivity index (χ1v) is 8.43. The fourth-order valence-electron chi connectivity index (χ4n) is 1.70. The highest BCUT2D eigenvalue weighted by Crippen LogP contribution is 2.25. The number of hydrogen-bond acceptors (Lipinski definition) is 4. The van der Waals surface area contributed by atoms with Crippen molar-refractivity contribution >= 4 is 40.6 Å². The molecular formula is C14H14ClNO2S2. The molecule has 0 radical (unpaired) electrons. The standard InChI is InChI=1S/C14H14ClNO2S2/c1-19-12-6-7-20-13(12)14(18)16-8-11(17)9-2-4-10(15)5-3-9/h2-7,11,17H,8H2,1H3,(H,16,18). The van der Waals surface area contributed by atoms with Gasteiger partial charge in [-0.3, -0.25) is 4.79 Å². The lowest BCUT2D eigenvalue weighted by atomic mass is 10.1. The quantitative estimate of drug-likeness (QED) is 0.825. The molecule has 0 aliphatic carbocycles. The van der Waals surface area contributed by atoms with Crippen LogP contribution in [0.1, 0.15) is 21.3 Å². The SMILES string of the molecule is CSc1ccsc1C(=O)NCC(O)c1ccc(Cl)cc1. The summed E-state index contributed by atoms with van der Waals surface area (Å²) in [6, 6.07) is 8.84. The van der Waals surface area contributed by atoms with E-state index in [0.29, 0.717) is 9.90 Å². The summed E-state index contributed by atoms with van der Waals surface area (Å²) in [5.41, 5.74) is 0.728. The Labute approximate surface area is 131 Å². The molecule has 0 bridgehead atoms. The van der Waals surface area contributed by atoms with E-state index >= 15 is 0 Å². The van der Waals surface area contributed by atoms with Gasteiger partial charge in [-0.1, -0.05) is 23.7 Å². The largest absolute Gasteiger partial charge is 0.387 e. The second-order valence-electron chi connectivity index (χ2n) is 4.10. The van der Waals surface area contributed by atoms with Crippen LogP contribution >= 0.6 is 34.7 Å². The predicted molar refractivity (Wildman–Crippen MR) is 84.8 cm³/mol. The van der Waals surface area contributed by atoms with Crippen LogP contribution < -0.4 is 5.32 Å². The molecule has 2 rings (SSSR count). The maximum Gasteiger partial charge on any atom is 0.262 e. The van der Waals surface area contributed by atoms with E-state index in [1.165, 1.54) is 23.1 Å². The van der Waals surface area contributed by atoms with Crippen LogP contribution in [0, 0.1) is 0 Å². The van der Waals surface area contributed by atoms with Gasteiger partial charge in [-0.25, -0.2) is 0 Å². The molecule has 1 heterocycles. The number of thiophene rings is 1. The molecule has 106 valence electrons. The summed E-state index contributed by atoms with van der Waals surface area (Å²) in [6.45, 7) is 0.173. The van der Waals surface area contributed by atoms with Crippen LogP contribution in [0.4, 0.5) is 0 Å². The van der Waals surface area contributed by atoms with Crippen LogP contribution in [-0.2, 0) is 0 Å². The van der Waals surface area contributed by atoms with Crippen LogP contribution in [-0.4, -0.2) is 23.8 Å². The zero-order valence-electron chi connectivity index (χ0n) is 10.8. The van der Waals surface area contributed by atoms with E-state index in [0.717, 1.165) is 10.5 Å². The Morgan fingerprint density at radius 2 is 2.10 bits per heavy atom. The van der Waals surface area contributed by atoms with Crippen LogP contribution in [0.25, 0.3) is 0 Å². The summed E-state index contributed by atoms with van der Waals surface area (Å²) in [5.74, 6) is -0.155. The molecule has 0 aliphatic rings. The lowest BCUT2D eigenvalue weighted by Crippen LogP contribution is -2.28. The first-order valence-electron chi connectivity index (χ1n) is 5.95. The minimum absolute atomic E-state index is 0.155. The van der Waals surface area contributed by atoms with Crippen molar-refractivity contribution in [2.45, 2.75) is 11.0 Å². The van der Waals surface area contributed by atoms with Gasteiger partial charge in [0.25, 0.3) is 5.91 Å². The average Bonchev–Trinajstić information content (AvgIpc) is 2.93. The molecule has 0 saturated heterocycles. The van der Waals surface area contributed by atoms with Crippen molar-refractivity contribution < 1.29 is 9.90 Å². The van der Waals surface area contributed by atoms with Gasteiger partial charge in [0.2, 0.25) is 0 Å². The van der Waals surface area contributed by atoms with Crippen molar-refractivity contribution in [1.82, 2.24) is 5.32 Å². The maximum atomic E-state index is 12.0. The van der Waals surface area contributed by atoms with Crippen molar-refractivity contribution in [3.05, 3.63) is 51.2 Å². The third-order valence-corrected chi connectivity index (χ3v) is 4.84. The number of carbonyl (C=O) groups is 1. The number of rotatable bonds is 5. The lowest BCUT2D eigenvalue weighted by Gasteiger charge is -2.12. The zero-order chi connectivity index (χ0) is 14.5. The van der Waals surface area contributed by atoms with Crippen molar-refractivity contribution in [2.24, 2.45) is 0 Å². The molecule has 1 amide bonds. The Bertz CT molecular complexity index is 583. The highest BCUT2D eigenvalue weighted by atomic mass is 35.5. The molecule has 1 aromatic carbocycles. The van der Waals surface area contributed by atoms with Crippen molar-refractivity contribution in [2.75, 3.05) is 12.8 Å². The molecule has 20 heavy (non-hydrogen) atoms. The number of nitrogens with one attached hydrogen (secondary N) is 1. The molecule has 0 aliphatic heterocycles. The van der Waals surface area contributed by atoms with Gasteiger partial charge in [0.1, 0.15) is 4.88 Å². The van der Waals surface area contributed by atoms with Gasteiger partial charge < -0.3 is 10.4 Å². The maximum absolute atomic E-state index is 12.0. The van der Waals surface area contributed by atoms with E-state index in [1.54, 1.807) is 24.3 Å². The number of aliphatic hydroxyl groups excluding tert-OH is 1. The van der Waals surface area contributed by atoms with E-state index in [4.69, 9.17) is 11.6 Å². The highest BCUT2D eigenvalue weighted by molar-refractivity contribution is 7.98. The fourth-order valence-corrected chi connectivity index (χ4v) is 3.49. The molecule has 3 nitrogen and oxygen atoms in total. The Morgan fingerprint density at radius 1 is 1.40 bits per heavy atom. The Morgan fingerprint density at radius 3 is 2.75 bits per heavy atom. The topological polar surface area (TPSA) is 49.3 Å². The summed E-state index contributed by atoms with van der Waals surface area (Å²) >= 11 is 8.73. The number of halogens is 1. The number of thioether (sulfide) groups is 1. The second-order valence-corrected chi connectivity index (χ2v) is 6.30. The van der Waals surface area contributed by atoms with E-state index in [-0.39, 0.29) is 12.5 Å². The minimum Gasteiger partial charge on any atom is -0.387 e. The summed E-state index contributed by atoms with van der Waals surface area (Å²) in [6.07, 6.45) is 1.19. The van der Waals surface area contributed by atoms with Gasteiger partial charge in [-0.2, -0.15) is 0 Å². The van der Waals surface area contributed by atoms with Gasteiger partial charge in [0.15, 0.2) is 0 Å². The molecule has 0 spiro atoms. The molecule has 1 aromatic heterocycles. The van der Waals surface area contributed by atoms with Crippen LogP contribution in [0.15, 0.2) is 40.6 Å². The van der Waals surface area contributed by atoms with Gasteiger partial charge in [0.05, 0.1) is 6.10 Å². The summed E-state index contributed by atoms with van der Waals surface area (Å²) in [4.78, 5) is 13.7. The smallest absolute Gasteiger partial charge is 0.262 e. The summed E-state index contributed by atoms with van der Waals surface area (Å²) in [7, 11) is 0. The monoisotopic (exact) mass is 327 g/mol. The van der Waals surface area contributed by atoms with Crippen molar-refractivity contribution in [1.29, 1.82) is 0 Å². The molecule has 6 heteroatoms. The molecule has 1 atom stereocenters.